The molecule has 0 atom stereocenters. The molecule has 0 spiro atoms. The molecule has 0 saturated carbocycles. The highest BCUT2D eigenvalue weighted by Crippen LogP contribution is 2.35. The highest BCUT2D eigenvalue weighted by atomic mass is 35.5. The van der Waals surface area contributed by atoms with Crippen LogP contribution in [0.2, 0.25) is 15.1 Å². The monoisotopic (exact) mass is 289 g/mol. The van der Waals surface area contributed by atoms with Gasteiger partial charge in [-0.25, -0.2) is 0 Å². The Morgan fingerprint density at radius 1 is 1.06 bits per heavy atom. The summed E-state index contributed by atoms with van der Waals surface area (Å²) in [5.41, 5.74) is 0.739. The molecular formula is C12H10Cl3NO. The summed E-state index contributed by atoms with van der Waals surface area (Å²) in [5.74, 6) is 1.52. The van der Waals surface area contributed by atoms with E-state index in [9.17, 15) is 0 Å². The van der Waals surface area contributed by atoms with Crippen molar-refractivity contribution in [3.63, 3.8) is 0 Å². The molecule has 0 aliphatic carbocycles. The first-order valence-corrected chi connectivity index (χ1v) is 6.13. The molecule has 90 valence electrons. The van der Waals surface area contributed by atoms with E-state index in [1.54, 1.807) is 12.1 Å². The minimum absolute atomic E-state index is 0.433. The number of rotatable bonds is 3. The van der Waals surface area contributed by atoms with Crippen LogP contribution in [0.4, 0.5) is 0 Å². The predicted octanol–water partition coefficient (Wildman–Crippen LogP) is 4.63. The third-order valence-corrected chi connectivity index (χ3v) is 3.32. The molecule has 2 aromatic rings. The highest BCUT2D eigenvalue weighted by molar-refractivity contribution is 6.44. The molecule has 1 aromatic carbocycles. The summed E-state index contributed by atoms with van der Waals surface area (Å²) < 4.78 is 5.64. The van der Waals surface area contributed by atoms with Crippen LogP contribution >= 0.6 is 34.8 Å². The Bertz CT molecular complexity index is 537. The first-order chi connectivity index (χ1) is 8.11. The molecule has 17 heavy (non-hydrogen) atoms. The van der Waals surface area contributed by atoms with Crippen molar-refractivity contribution in [2.24, 2.45) is 0 Å². The Morgan fingerprint density at radius 2 is 1.76 bits per heavy atom. The van der Waals surface area contributed by atoms with Gasteiger partial charge in [0, 0.05) is 5.56 Å². The molecule has 0 saturated heterocycles. The minimum Gasteiger partial charge on any atom is -0.460 e. The van der Waals surface area contributed by atoms with E-state index in [1.807, 2.05) is 19.2 Å². The van der Waals surface area contributed by atoms with E-state index < -0.39 is 0 Å². The Labute approximate surface area is 114 Å². The maximum atomic E-state index is 6.10. The fourth-order valence-electron chi connectivity index (χ4n) is 1.50. The molecule has 1 heterocycles. The second kappa shape index (κ2) is 5.32. The van der Waals surface area contributed by atoms with E-state index in [4.69, 9.17) is 39.2 Å². The Kier molecular flexibility index (Phi) is 4.00. The molecule has 1 aromatic heterocycles. The predicted molar refractivity (Wildman–Crippen MR) is 71.9 cm³/mol. The van der Waals surface area contributed by atoms with Crippen LogP contribution in [-0.4, -0.2) is 7.05 Å². The minimum atomic E-state index is 0.433. The lowest BCUT2D eigenvalue weighted by Crippen LogP contribution is -2.03. The van der Waals surface area contributed by atoms with E-state index in [1.165, 1.54) is 0 Å². The summed E-state index contributed by atoms with van der Waals surface area (Å²) in [6.45, 7) is 0.666. The van der Waals surface area contributed by atoms with Crippen LogP contribution in [0.15, 0.2) is 28.7 Å². The molecule has 1 N–H and O–H groups in total. The van der Waals surface area contributed by atoms with Gasteiger partial charge in [0.2, 0.25) is 0 Å². The fourth-order valence-corrected chi connectivity index (χ4v) is 2.14. The maximum absolute atomic E-state index is 6.10. The van der Waals surface area contributed by atoms with Crippen molar-refractivity contribution < 1.29 is 4.42 Å². The van der Waals surface area contributed by atoms with Crippen molar-refractivity contribution in [2.45, 2.75) is 6.54 Å². The van der Waals surface area contributed by atoms with Crippen LogP contribution in [0, 0.1) is 0 Å². The third kappa shape index (κ3) is 2.78. The second-order valence-corrected chi connectivity index (χ2v) is 4.76. The first-order valence-electron chi connectivity index (χ1n) is 5.00. The SMILES string of the molecule is CNCc1ccc(-c2cc(Cl)c(Cl)cc2Cl)o1. The zero-order valence-electron chi connectivity index (χ0n) is 9.06. The topological polar surface area (TPSA) is 25.2 Å². The van der Waals surface area contributed by atoms with Crippen LogP contribution in [0.5, 0.6) is 0 Å². The van der Waals surface area contributed by atoms with Crippen LogP contribution in [0.3, 0.4) is 0 Å². The number of benzene rings is 1. The van der Waals surface area contributed by atoms with Gasteiger partial charge in [-0.05, 0) is 31.3 Å². The van der Waals surface area contributed by atoms with Crippen LogP contribution in [-0.2, 0) is 6.54 Å². The second-order valence-electron chi connectivity index (χ2n) is 3.54. The van der Waals surface area contributed by atoms with Crippen molar-refractivity contribution in [3.05, 3.63) is 45.1 Å². The number of furan rings is 1. The van der Waals surface area contributed by atoms with E-state index in [0.29, 0.717) is 27.4 Å². The number of hydrogen-bond donors (Lipinski definition) is 1. The van der Waals surface area contributed by atoms with Crippen LogP contribution < -0.4 is 5.32 Å². The summed E-state index contributed by atoms with van der Waals surface area (Å²) in [6, 6.07) is 7.07. The average Bonchev–Trinajstić information content (AvgIpc) is 2.72. The summed E-state index contributed by atoms with van der Waals surface area (Å²) in [5, 5.41) is 4.42. The molecule has 0 amide bonds. The van der Waals surface area contributed by atoms with Gasteiger partial charge in [-0.15, -0.1) is 0 Å². The smallest absolute Gasteiger partial charge is 0.135 e. The summed E-state index contributed by atoms with van der Waals surface area (Å²) in [6.07, 6.45) is 0. The molecule has 0 aliphatic heterocycles. The molecule has 2 nitrogen and oxygen atoms in total. The Morgan fingerprint density at radius 3 is 2.47 bits per heavy atom. The largest absolute Gasteiger partial charge is 0.460 e. The van der Waals surface area contributed by atoms with Gasteiger partial charge in [0.05, 0.1) is 21.6 Å². The molecule has 0 aliphatic rings. The lowest BCUT2D eigenvalue weighted by atomic mass is 10.2. The van der Waals surface area contributed by atoms with Crippen molar-refractivity contribution in [3.8, 4) is 11.3 Å². The zero-order chi connectivity index (χ0) is 12.4. The van der Waals surface area contributed by atoms with Gasteiger partial charge >= 0.3 is 0 Å². The quantitative estimate of drug-likeness (QED) is 0.834. The lowest BCUT2D eigenvalue weighted by Gasteiger charge is -2.03. The normalized spacial score (nSPS) is 10.8. The van der Waals surface area contributed by atoms with Gasteiger partial charge in [0.15, 0.2) is 0 Å². The van der Waals surface area contributed by atoms with Gasteiger partial charge in [0.1, 0.15) is 11.5 Å². The van der Waals surface area contributed by atoms with Gasteiger partial charge in [-0.1, -0.05) is 34.8 Å². The fraction of sp³-hybridized carbons (Fsp3) is 0.167. The van der Waals surface area contributed by atoms with E-state index in [-0.39, 0.29) is 0 Å². The van der Waals surface area contributed by atoms with Crippen LogP contribution in [0.25, 0.3) is 11.3 Å². The van der Waals surface area contributed by atoms with Gasteiger partial charge < -0.3 is 9.73 Å². The Hall–Kier alpha value is -0.670. The number of hydrogen-bond acceptors (Lipinski definition) is 2. The van der Waals surface area contributed by atoms with Crippen molar-refractivity contribution >= 4 is 34.8 Å². The molecule has 0 bridgehead atoms. The van der Waals surface area contributed by atoms with Crippen molar-refractivity contribution in [1.82, 2.24) is 5.32 Å². The van der Waals surface area contributed by atoms with Crippen molar-refractivity contribution in [1.29, 1.82) is 0 Å². The van der Waals surface area contributed by atoms with Gasteiger partial charge in [-0.3, -0.25) is 0 Å². The maximum Gasteiger partial charge on any atom is 0.135 e. The summed E-state index contributed by atoms with van der Waals surface area (Å²) >= 11 is 17.9. The Balaban J connectivity index is 2.41. The van der Waals surface area contributed by atoms with E-state index in [2.05, 4.69) is 5.32 Å². The molecule has 0 fully saturated rings. The standard InChI is InChI=1S/C12H10Cl3NO/c1-16-6-7-2-3-12(17-7)8-4-10(14)11(15)5-9(8)13/h2-5,16H,6H2,1H3. The van der Waals surface area contributed by atoms with Crippen molar-refractivity contribution in [2.75, 3.05) is 7.05 Å². The molecule has 0 unspecified atom stereocenters. The van der Waals surface area contributed by atoms with E-state index in [0.717, 1.165) is 11.3 Å². The lowest BCUT2D eigenvalue weighted by molar-refractivity contribution is 0.507. The molecular weight excluding hydrogens is 280 g/mol. The summed E-state index contributed by atoms with van der Waals surface area (Å²) in [4.78, 5) is 0. The average molecular weight is 291 g/mol. The molecule has 0 radical (unpaired) electrons. The van der Waals surface area contributed by atoms with Gasteiger partial charge in [0.25, 0.3) is 0 Å². The molecule has 2 rings (SSSR count). The number of halogens is 3. The van der Waals surface area contributed by atoms with Gasteiger partial charge in [-0.2, -0.15) is 0 Å². The van der Waals surface area contributed by atoms with E-state index >= 15 is 0 Å². The highest BCUT2D eigenvalue weighted by Gasteiger charge is 2.11. The summed E-state index contributed by atoms with van der Waals surface area (Å²) in [7, 11) is 1.86. The third-order valence-electron chi connectivity index (χ3n) is 2.29. The first kappa shape index (κ1) is 12.8. The number of nitrogens with one attached hydrogen (secondary N) is 1. The molecule has 5 heteroatoms. The zero-order valence-corrected chi connectivity index (χ0v) is 11.3. The van der Waals surface area contributed by atoms with Crippen LogP contribution in [0.1, 0.15) is 5.76 Å².